The lowest BCUT2D eigenvalue weighted by molar-refractivity contribution is -0.133. The highest BCUT2D eigenvalue weighted by molar-refractivity contribution is 5.93. The van der Waals surface area contributed by atoms with E-state index < -0.39 is 18.1 Å². The average molecular weight is 403 g/mol. The molecule has 0 heterocycles. The molecule has 29 heavy (non-hydrogen) atoms. The number of fused-ring (bicyclic) bond motifs is 1. The molecule has 0 aliphatic heterocycles. The van der Waals surface area contributed by atoms with Gasteiger partial charge in [0.05, 0.1) is 12.1 Å². The molecule has 1 aromatic rings. The van der Waals surface area contributed by atoms with E-state index in [1.807, 2.05) is 26.0 Å². The molecule has 4 unspecified atom stereocenters. The number of carbonyl (C=O) groups is 3. The summed E-state index contributed by atoms with van der Waals surface area (Å²) in [5, 5.41) is 11.4. The molecule has 1 aliphatic carbocycles. The van der Waals surface area contributed by atoms with Gasteiger partial charge in [0.1, 0.15) is 12.1 Å². The highest BCUT2D eigenvalue weighted by Gasteiger charge is 2.29. The van der Waals surface area contributed by atoms with E-state index in [0.29, 0.717) is 0 Å². The van der Waals surface area contributed by atoms with Gasteiger partial charge < -0.3 is 21.3 Å². The minimum Gasteiger partial charge on any atom is -0.348 e. The minimum absolute atomic E-state index is 0.0381. The minimum atomic E-state index is -0.705. The molecule has 0 fully saturated rings. The van der Waals surface area contributed by atoms with Gasteiger partial charge in [0.15, 0.2) is 0 Å². The maximum Gasteiger partial charge on any atom is 0.243 e. The van der Waals surface area contributed by atoms with Crippen LogP contribution in [0.3, 0.4) is 0 Å². The Bertz CT molecular complexity index is 735. The van der Waals surface area contributed by atoms with Crippen molar-refractivity contribution in [1.82, 2.24) is 21.3 Å². The SMILES string of the molecule is CNC(C)C(=O)NC(C(=O)NC(C)C(=O)NC1CCCc2ccccc21)C(C)C. The molecule has 0 saturated heterocycles. The summed E-state index contributed by atoms with van der Waals surface area (Å²) < 4.78 is 0. The Hall–Kier alpha value is -2.41. The number of hydrogen-bond donors (Lipinski definition) is 4. The Kier molecular flexibility index (Phi) is 8.20. The predicted molar refractivity (Wildman–Crippen MR) is 113 cm³/mol. The molecule has 160 valence electrons. The Labute approximate surface area is 173 Å². The van der Waals surface area contributed by atoms with Gasteiger partial charge in [-0.05, 0) is 57.2 Å². The molecule has 0 spiro atoms. The van der Waals surface area contributed by atoms with Crippen molar-refractivity contribution in [2.45, 2.75) is 71.1 Å². The van der Waals surface area contributed by atoms with E-state index in [0.717, 1.165) is 24.8 Å². The van der Waals surface area contributed by atoms with Gasteiger partial charge >= 0.3 is 0 Å². The molecule has 4 atom stereocenters. The number of nitrogens with one attached hydrogen (secondary N) is 4. The quantitative estimate of drug-likeness (QED) is 0.529. The van der Waals surface area contributed by atoms with E-state index in [1.54, 1.807) is 20.9 Å². The van der Waals surface area contributed by atoms with Crippen LogP contribution >= 0.6 is 0 Å². The van der Waals surface area contributed by atoms with E-state index in [9.17, 15) is 14.4 Å². The molecule has 3 amide bonds. The number of rotatable bonds is 8. The Balaban J connectivity index is 1.97. The summed E-state index contributed by atoms with van der Waals surface area (Å²) in [5.41, 5.74) is 2.42. The van der Waals surface area contributed by atoms with E-state index in [4.69, 9.17) is 0 Å². The van der Waals surface area contributed by atoms with Crippen molar-refractivity contribution in [2.24, 2.45) is 5.92 Å². The van der Waals surface area contributed by atoms with Gasteiger partial charge in [0.25, 0.3) is 0 Å². The lowest BCUT2D eigenvalue weighted by atomic mass is 9.87. The fraction of sp³-hybridized carbons (Fsp3) is 0.591. The van der Waals surface area contributed by atoms with Gasteiger partial charge in [-0.15, -0.1) is 0 Å². The summed E-state index contributed by atoms with van der Waals surface area (Å²) in [6, 6.07) is 6.30. The van der Waals surface area contributed by atoms with Crippen LogP contribution in [-0.4, -0.2) is 42.9 Å². The average Bonchev–Trinajstić information content (AvgIpc) is 2.70. The third kappa shape index (κ3) is 6.03. The molecule has 0 saturated carbocycles. The lowest BCUT2D eigenvalue weighted by Gasteiger charge is -2.28. The van der Waals surface area contributed by atoms with Crippen molar-refractivity contribution in [1.29, 1.82) is 0 Å². The first-order valence-electron chi connectivity index (χ1n) is 10.4. The second kappa shape index (κ2) is 10.4. The smallest absolute Gasteiger partial charge is 0.243 e. The monoisotopic (exact) mass is 402 g/mol. The van der Waals surface area contributed by atoms with Gasteiger partial charge in [-0.3, -0.25) is 14.4 Å². The number of hydrogen-bond acceptors (Lipinski definition) is 4. The maximum atomic E-state index is 12.7. The number of aryl methyl sites for hydroxylation is 1. The molecule has 1 aliphatic rings. The van der Waals surface area contributed by atoms with E-state index in [2.05, 4.69) is 33.4 Å². The number of likely N-dealkylation sites (N-methyl/N-ethyl adjacent to an activating group) is 1. The summed E-state index contributed by atoms with van der Waals surface area (Å²) in [6.07, 6.45) is 2.93. The predicted octanol–water partition coefficient (Wildman–Crippen LogP) is 1.43. The Morgan fingerprint density at radius 2 is 1.62 bits per heavy atom. The van der Waals surface area contributed by atoms with Crippen molar-refractivity contribution in [3.8, 4) is 0 Å². The highest BCUT2D eigenvalue weighted by atomic mass is 16.2. The van der Waals surface area contributed by atoms with Crippen LogP contribution in [0, 0.1) is 5.92 Å². The fourth-order valence-electron chi connectivity index (χ4n) is 3.51. The summed E-state index contributed by atoms with van der Waals surface area (Å²) in [4.78, 5) is 37.6. The van der Waals surface area contributed by atoms with Gasteiger partial charge in [-0.25, -0.2) is 0 Å². The summed E-state index contributed by atoms with van der Waals surface area (Å²) >= 11 is 0. The van der Waals surface area contributed by atoms with Crippen molar-refractivity contribution in [3.05, 3.63) is 35.4 Å². The van der Waals surface area contributed by atoms with Crippen LogP contribution in [0.2, 0.25) is 0 Å². The first-order chi connectivity index (χ1) is 13.7. The zero-order valence-electron chi connectivity index (χ0n) is 18.0. The van der Waals surface area contributed by atoms with Crippen LogP contribution in [0.15, 0.2) is 24.3 Å². The van der Waals surface area contributed by atoms with Gasteiger partial charge in [0, 0.05) is 0 Å². The number of carbonyl (C=O) groups excluding carboxylic acids is 3. The Morgan fingerprint density at radius 3 is 2.28 bits per heavy atom. The summed E-state index contributed by atoms with van der Waals surface area (Å²) in [7, 11) is 1.69. The molecular formula is C22H34N4O3. The third-order valence-electron chi connectivity index (χ3n) is 5.51. The first-order valence-corrected chi connectivity index (χ1v) is 10.4. The molecule has 0 bridgehead atoms. The normalized spacial score (nSPS) is 18.9. The summed E-state index contributed by atoms with van der Waals surface area (Å²) in [6.45, 7) is 7.11. The molecular weight excluding hydrogens is 368 g/mol. The van der Waals surface area contributed by atoms with Gasteiger partial charge in [-0.1, -0.05) is 38.1 Å². The zero-order valence-corrected chi connectivity index (χ0v) is 18.0. The molecule has 7 nitrogen and oxygen atoms in total. The molecule has 0 aromatic heterocycles. The second-order valence-electron chi connectivity index (χ2n) is 8.12. The van der Waals surface area contributed by atoms with Gasteiger partial charge in [0.2, 0.25) is 17.7 Å². The van der Waals surface area contributed by atoms with E-state index in [1.165, 1.54) is 5.56 Å². The van der Waals surface area contributed by atoms with Crippen LogP contribution < -0.4 is 21.3 Å². The van der Waals surface area contributed by atoms with E-state index >= 15 is 0 Å². The van der Waals surface area contributed by atoms with Crippen LogP contribution in [0.25, 0.3) is 0 Å². The Morgan fingerprint density at radius 1 is 0.931 bits per heavy atom. The van der Waals surface area contributed by atoms with Crippen molar-refractivity contribution < 1.29 is 14.4 Å². The lowest BCUT2D eigenvalue weighted by Crippen LogP contribution is -2.56. The van der Waals surface area contributed by atoms with Crippen LogP contribution in [0.5, 0.6) is 0 Å². The van der Waals surface area contributed by atoms with Crippen LogP contribution in [0.1, 0.15) is 57.7 Å². The highest BCUT2D eigenvalue weighted by Crippen LogP contribution is 2.29. The van der Waals surface area contributed by atoms with Crippen molar-refractivity contribution in [3.63, 3.8) is 0 Å². The van der Waals surface area contributed by atoms with E-state index in [-0.39, 0.29) is 29.7 Å². The topological polar surface area (TPSA) is 99.3 Å². The molecule has 2 rings (SSSR count). The zero-order chi connectivity index (χ0) is 21.6. The first kappa shape index (κ1) is 22.9. The number of amides is 3. The van der Waals surface area contributed by atoms with Crippen molar-refractivity contribution in [2.75, 3.05) is 7.05 Å². The largest absolute Gasteiger partial charge is 0.348 e. The molecule has 4 N–H and O–H groups in total. The van der Waals surface area contributed by atoms with Gasteiger partial charge in [-0.2, -0.15) is 0 Å². The van der Waals surface area contributed by atoms with Crippen LogP contribution in [0.4, 0.5) is 0 Å². The molecule has 7 heteroatoms. The molecule has 0 radical (unpaired) electrons. The summed E-state index contributed by atoms with van der Waals surface area (Å²) in [5.74, 6) is -0.943. The second-order valence-corrected chi connectivity index (χ2v) is 8.12. The fourth-order valence-corrected chi connectivity index (χ4v) is 3.51. The van der Waals surface area contributed by atoms with Crippen molar-refractivity contribution >= 4 is 17.7 Å². The standard InChI is InChI=1S/C22H34N4O3/c1-13(2)19(26-20(27)14(3)23-5)22(29)24-15(4)21(28)25-18-12-8-10-16-9-6-7-11-17(16)18/h6-7,9,11,13-15,18-19,23H,8,10,12H2,1-5H3,(H,24,29)(H,25,28)(H,26,27). The molecule has 1 aromatic carbocycles. The third-order valence-corrected chi connectivity index (χ3v) is 5.51. The van der Waals surface area contributed by atoms with Crippen LogP contribution in [-0.2, 0) is 20.8 Å². The number of benzene rings is 1. The maximum absolute atomic E-state index is 12.7.